The smallest absolute Gasteiger partial charge is 0.327 e. The second kappa shape index (κ2) is 7.89. The molecule has 0 aliphatic carbocycles. The van der Waals surface area contributed by atoms with Crippen LogP contribution in [0.5, 0.6) is 0 Å². The Labute approximate surface area is 122 Å². The van der Waals surface area contributed by atoms with E-state index in [1.54, 1.807) is 0 Å². The lowest BCUT2D eigenvalue weighted by Gasteiger charge is -2.27. The summed E-state index contributed by atoms with van der Waals surface area (Å²) in [4.78, 5) is 24.7. The van der Waals surface area contributed by atoms with Gasteiger partial charge in [-0.2, -0.15) is 11.8 Å². The van der Waals surface area contributed by atoms with Gasteiger partial charge < -0.3 is 10.4 Å². The summed E-state index contributed by atoms with van der Waals surface area (Å²) in [5, 5.41) is 11.9. The van der Waals surface area contributed by atoms with Crippen LogP contribution in [-0.4, -0.2) is 56.7 Å². The molecule has 1 fully saturated rings. The normalized spacial score (nSPS) is 24.3. The third-order valence-corrected chi connectivity index (χ3v) is 5.16. The molecular formula is C12H22N2O3S2. The monoisotopic (exact) mass is 306 g/mol. The number of rotatable bonds is 6. The van der Waals surface area contributed by atoms with E-state index in [1.807, 2.05) is 25.6 Å². The third kappa shape index (κ3) is 4.80. The van der Waals surface area contributed by atoms with E-state index >= 15 is 0 Å². The summed E-state index contributed by atoms with van der Waals surface area (Å²) in [5.74, 6) is 1.61. The number of thioether (sulfide) groups is 2. The van der Waals surface area contributed by atoms with E-state index in [9.17, 15) is 9.59 Å². The van der Waals surface area contributed by atoms with Crippen molar-refractivity contribution in [3.63, 3.8) is 0 Å². The van der Waals surface area contributed by atoms with Gasteiger partial charge in [0.15, 0.2) is 0 Å². The number of nitrogens with one attached hydrogen (secondary N) is 1. The van der Waals surface area contributed by atoms with Crippen LogP contribution in [0.4, 0.5) is 4.79 Å². The van der Waals surface area contributed by atoms with Crippen LogP contribution in [0, 0.1) is 0 Å². The molecule has 0 saturated carbocycles. The predicted octanol–water partition coefficient (Wildman–Crippen LogP) is 2.08. The Morgan fingerprint density at radius 2 is 2.26 bits per heavy atom. The molecule has 0 radical (unpaired) electrons. The van der Waals surface area contributed by atoms with Crippen molar-refractivity contribution in [1.29, 1.82) is 0 Å². The molecule has 0 spiro atoms. The molecule has 3 unspecified atom stereocenters. The van der Waals surface area contributed by atoms with Crippen molar-refractivity contribution in [1.82, 2.24) is 10.2 Å². The number of hydrogen-bond donors (Lipinski definition) is 2. The predicted molar refractivity (Wildman–Crippen MR) is 80.8 cm³/mol. The summed E-state index contributed by atoms with van der Waals surface area (Å²) in [7, 11) is 0. The van der Waals surface area contributed by atoms with Gasteiger partial charge in [-0.15, -0.1) is 11.8 Å². The minimum Gasteiger partial charge on any atom is -0.480 e. The average molecular weight is 306 g/mol. The van der Waals surface area contributed by atoms with Gasteiger partial charge in [-0.1, -0.05) is 6.92 Å². The number of carbonyl (C=O) groups excluding carboxylic acids is 1. The maximum atomic E-state index is 12.1. The topological polar surface area (TPSA) is 69.6 Å². The van der Waals surface area contributed by atoms with Gasteiger partial charge in [-0.05, 0) is 31.8 Å². The number of nitrogens with zero attached hydrogens (tertiary/aromatic N) is 1. The molecule has 3 atom stereocenters. The van der Waals surface area contributed by atoms with E-state index in [4.69, 9.17) is 5.11 Å². The number of amides is 2. The highest BCUT2D eigenvalue weighted by Crippen LogP contribution is 2.28. The highest BCUT2D eigenvalue weighted by Gasteiger charge is 2.39. The molecule has 1 rings (SSSR count). The highest BCUT2D eigenvalue weighted by molar-refractivity contribution is 8.00. The second-order valence-corrected chi connectivity index (χ2v) is 7.27. The SMILES string of the molecule is CCSCCC(C)NC(=O)N1C(C)SCC1C(=O)O. The lowest BCUT2D eigenvalue weighted by molar-refractivity contribution is -0.141. The first-order valence-corrected chi connectivity index (χ1v) is 8.68. The Bertz CT molecular complexity index is 328. The molecule has 5 nitrogen and oxygen atoms in total. The molecule has 110 valence electrons. The lowest BCUT2D eigenvalue weighted by atomic mass is 10.2. The van der Waals surface area contributed by atoms with Gasteiger partial charge in [0.25, 0.3) is 0 Å². The van der Waals surface area contributed by atoms with Crippen molar-refractivity contribution >= 4 is 35.5 Å². The van der Waals surface area contributed by atoms with Crippen LogP contribution in [0.3, 0.4) is 0 Å². The summed E-state index contributed by atoms with van der Waals surface area (Å²) < 4.78 is 0. The Balaban J connectivity index is 2.49. The van der Waals surface area contributed by atoms with Crippen molar-refractivity contribution < 1.29 is 14.7 Å². The van der Waals surface area contributed by atoms with E-state index in [-0.39, 0.29) is 17.4 Å². The van der Waals surface area contributed by atoms with Crippen LogP contribution >= 0.6 is 23.5 Å². The average Bonchev–Trinajstić information content (AvgIpc) is 2.71. The van der Waals surface area contributed by atoms with Gasteiger partial charge in [-0.25, -0.2) is 9.59 Å². The van der Waals surface area contributed by atoms with Crippen molar-refractivity contribution in [2.75, 3.05) is 17.3 Å². The van der Waals surface area contributed by atoms with Crippen molar-refractivity contribution in [2.45, 2.75) is 44.6 Å². The largest absolute Gasteiger partial charge is 0.480 e. The molecule has 0 aromatic heterocycles. The van der Waals surface area contributed by atoms with E-state index in [0.29, 0.717) is 5.75 Å². The Hall–Kier alpha value is -0.560. The Kier molecular flexibility index (Phi) is 6.85. The first-order chi connectivity index (χ1) is 8.97. The lowest BCUT2D eigenvalue weighted by Crippen LogP contribution is -2.51. The zero-order valence-corrected chi connectivity index (χ0v) is 13.2. The molecule has 1 saturated heterocycles. The maximum Gasteiger partial charge on any atom is 0.327 e. The molecular weight excluding hydrogens is 284 g/mol. The zero-order valence-electron chi connectivity index (χ0n) is 11.6. The van der Waals surface area contributed by atoms with E-state index in [2.05, 4.69) is 12.2 Å². The first kappa shape index (κ1) is 16.5. The first-order valence-electron chi connectivity index (χ1n) is 6.48. The summed E-state index contributed by atoms with van der Waals surface area (Å²) in [6.07, 6.45) is 0.900. The van der Waals surface area contributed by atoms with Crippen molar-refractivity contribution in [3.05, 3.63) is 0 Å². The summed E-state index contributed by atoms with van der Waals surface area (Å²) in [5.41, 5.74) is 0. The fourth-order valence-corrected chi connectivity index (χ4v) is 3.88. The molecule has 2 amide bonds. The molecule has 0 bridgehead atoms. The molecule has 7 heteroatoms. The minimum atomic E-state index is -0.929. The molecule has 1 aliphatic heterocycles. The summed E-state index contributed by atoms with van der Waals surface area (Å²) in [6, 6.07) is -0.907. The molecule has 2 N–H and O–H groups in total. The molecule has 1 aliphatic rings. The maximum absolute atomic E-state index is 12.1. The fourth-order valence-electron chi connectivity index (χ4n) is 1.90. The summed E-state index contributed by atoms with van der Waals surface area (Å²) >= 11 is 3.34. The van der Waals surface area contributed by atoms with Gasteiger partial charge in [0, 0.05) is 11.8 Å². The van der Waals surface area contributed by atoms with Gasteiger partial charge in [0.1, 0.15) is 6.04 Å². The van der Waals surface area contributed by atoms with Crippen LogP contribution in [0.25, 0.3) is 0 Å². The molecule has 19 heavy (non-hydrogen) atoms. The van der Waals surface area contributed by atoms with Crippen LogP contribution in [0.2, 0.25) is 0 Å². The number of carbonyl (C=O) groups is 2. The number of carboxylic acid groups (broad SMARTS) is 1. The molecule has 0 aromatic carbocycles. The van der Waals surface area contributed by atoms with Crippen LogP contribution < -0.4 is 5.32 Å². The molecule has 1 heterocycles. The van der Waals surface area contributed by atoms with E-state index in [1.165, 1.54) is 16.7 Å². The van der Waals surface area contributed by atoms with E-state index < -0.39 is 12.0 Å². The van der Waals surface area contributed by atoms with Crippen LogP contribution in [0.1, 0.15) is 27.2 Å². The quantitative estimate of drug-likeness (QED) is 0.735. The standard InChI is InChI=1S/C12H22N2O3S2/c1-4-18-6-5-8(2)13-12(17)14-9(3)19-7-10(14)11(15)16/h8-10H,4-7H2,1-3H3,(H,13,17)(H,15,16). The zero-order chi connectivity index (χ0) is 14.4. The van der Waals surface area contributed by atoms with Gasteiger partial charge >= 0.3 is 12.0 Å². The summed E-state index contributed by atoms with van der Waals surface area (Å²) in [6.45, 7) is 5.93. The fraction of sp³-hybridized carbons (Fsp3) is 0.833. The van der Waals surface area contributed by atoms with Crippen molar-refractivity contribution in [2.24, 2.45) is 0 Å². The van der Waals surface area contributed by atoms with Gasteiger partial charge in [0.2, 0.25) is 0 Å². The van der Waals surface area contributed by atoms with Gasteiger partial charge in [-0.3, -0.25) is 4.90 Å². The van der Waals surface area contributed by atoms with Gasteiger partial charge in [0.05, 0.1) is 5.37 Å². The van der Waals surface area contributed by atoms with Crippen LogP contribution in [-0.2, 0) is 4.79 Å². The molecule has 0 aromatic rings. The second-order valence-electron chi connectivity index (χ2n) is 4.53. The third-order valence-electron chi connectivity index (χ3n) is 3.01. The van der Waals surface area contributed by atoms with Crippen LogP contribution in [0.15, 0.2) is 0 Å². The van der Waals surface area contributed by atoms with E-state index in [0.717, 1.165) is 17.9 Å². The van der Waals surface area contributed by atoms with Crippen molar-refractivity contribution in [3.8, 4) is 0 Å². The number of hydrogen-bond acceptors (Lipinski definition) is 4. The Morgan fingerprint density at radius 3 is 2.84 bits per heavy atom. The Morgan fingerprint density at radius 1 is 1.58 bits per heavy atom. The number of aliphatic carboxylic acids is 1. The minimum absolute atomic E-state index is 0.0683. The highest BCUT2D eigenvalue weighted by atomic mass is 32.2. The number of carboxylic acids is 1. The number of urea groups is 1.